The fourth-order valence-electron chi connectivity index (χ4n) is 1.08. The van der Waals surface area contributed by atoms with E-state index in [1.165, 1.54) is 25.1 Å². The van der Waals surface area contributed by atoms with E-state index in [0.717, 1.165) is 0 Å². The molecule has 6 heteroatoms. The summed E-state index contributed by atoms with van der Waals surface area (Å²) < 4.78 is 0. The Morgan fingerprint density at radius 3 is 2.67 bits per heavy atom. The Labute approximate surface area is 94.0 Å². The minimum absolute atomic E-state index is 0.141. The van der Waals surface area contributed by atoms with Crippen LogP contribution in [0.15, 0.2) is 18.2 Å². The number of hydrogen-bond donors (Lipinski definition) is 1. The number of carbonyl (C=O) groups excluding carboxylic acids is 1. The summed E-state index contributed by atoms with van der Waals surface area (Å²) in [4.78, 5) is 20.2. The lowest BCUT2D eigenvalue weighted by Gasteiger charge is -2.07. The van der Waals surface area contributed by atoms with E-state index in [0.29, 0.717) is 0 Å². The zero-order chi connectivity index (χ0) is 11.6. The van der Waals surface area contributed by atoms with Crippen LogP contribution in [0.4, 0.5) is 5.69 Å². The van der Waals surface area contributed by atoms with Gasteiger partial charge in [-0.25, -0.2) is 0 Å². The maximum atomic E-state index is 11.0. The quantitative estimate of drug-likeness (QED) is 0.521. The molecule has 0 aliphatic rings. The van der Waals surface area contributed by atoms with Gasteiger partial charge in [0.15, 0.2) is 0 Å². The minimum atomic E-state index is -0.725. The van der Waals surface area contributed by atoms with Gasteiger partial charge in [0.25, 0.3) is 5.69 Å². The number of aromatic hydroxyl groups is 1. The normalized spacial score (nSPS) is 12.1. The van der Waals surface area contributed by atoms with Crippen LogP contribution in [0.3, 0.4) is 0 Å². The van der Waals surface area contributed by atoms with Crippen LogP contribution < -0.4 is 0 Å². The molecule has 80 valence electrons. The highest BCUT2D eigenvalue weighted by Gasteiger charge is 2.19. The van der Waals surface area contributed by atoms with E-state index in [1.54, 1.807) is 0 Å². The Morgan fingerprint density at radius 1 is 1.60 bits per heavy atom. The Kier molecular flexibility index (Phi) is 3.41. The number of phenols is 1. The predicted octanol–water partition coefficient (Wildman–Crippen LogP) is 2.33. The number of halogens is 1. The van der Waals surface area contributed by atoms with Crippen LogP contribution in [0.1, 0.15) is 17.3 Å². The highest BCUT2D eigenvalue weighted by atomic mass is 79.9. The van der Waals surface area contributed by atoms with Gasteiger partial charge in [-0.3, -0.25) is 14.9 Å². The smallest absolute Gasteiger partial charge is 0.270 e. The zero-order valence-corrected chi connectivity index (χ0v) is 9.39. The molecule has 0 saturated carbocycles. The number of rotatable bonds is 3. The van der Waals surface area contributed by atoms with Crippen molar-refractivity contribution in [3.05, 3.63) is 33.9 Å². The summed E-state index contributed by atoms with van der Waals surface area (Å²) in [6.45, 7) is 1.33. The van der Waals surface area contributed by atoms with Crippen LogP contribution in [0, 0.1) is 10.1 Å². The maximum Gasteiger partial charge on any atom is 0.270 e. The molecule has 0 aromatic heterocycles. The largest absolute Gasteiger partial charge is 0.508 e. The molecule has 1 aromatic carbocycles. The number of nitrogens with zero attached hydrogens (tertiary/aromatic N) is 1. The van der Waals surface area contributed by atoms with Crippen molar-refractivity contribution in [3.8, 4) is 5.75 Å². The van der Waals surface area contributed by atoms with Crippen LogP contribution in [0.5, 0.6) is 5.75 Å². The van der Waals surface area contributed by atoms with Crippen molar-refractivity contribution in [3.63, 3.8) is 0 Å². The molecule has 0 aliphatic heterocycles. The molecule has 0 heterocycles. The number of nitro benzene ring substituents is 1. The molecule has 15 heavy (non-hydrogen) atoms. The summed E-state index contributed by atoms with van der Waals surface area (Å²) in [6, 6.07) is 3.56. The van der Waals surface area contributed by atoms with Gasteiger partial charge in [-0.1, -0.05) is 15.9 Å². The molecule has 1 rings (SSSR count). The van der Waals surface area contributed by atoms with Crippen molar-refractivity contribution in [1.82, 2.24) is 0 Å². The molecule has 1 aromatic rings. The third-order valence-corrected chi connectivity index (χ3v) is 2.99. The van der Waals surface area contributed by atoms with Gasteiger partial charge in [-0.2, -0.15) is 0 Å². The van der Waals surface area contributed by atoms with Crippen LogP contribution in [-0.2, 0) is 4.79 Å². The maximum absolute atomic E-state index is 11.0. The number of alkyl halides is 1. The van der Waals surface area contributed by atoms with Crippen molar-refractivity contribution >= 4 is 27.4 Å². The van der Waals surface area contributed by atoms with E-state index in [4.69, 9.17) is 0 Å². The highest BCUT2D eigenvalue weighted by Crippen LogP contribution is 2.33. The fraction of sp³-hybridized carbons (Fsp3) is 0.222. The van der Waals surface area contributed by atoms with Crippen molar-refractivity contribution in [2.75, 3.05) is 0 Å². The lowest BCUT2D eigenvalue weighted by atomic mass is 10.1. The Bertz CT molecular complexity index is 419. The molecule has 0 bridgehead atoms. The fourth-order valence-corrected chi connectivity index (χ4v) is 1.44. The Morgan fingerprint density at radius 2 is 2.20 bits per heavy atom. The zero-order valence-electron chi connectivity index (χ0n) is 7.81. The molecule has 0 fully saturated rings. The topological polar surface area (TPSA) is 80.4 Å². The third-order valence-electron chi connectivity index (χ3n) is 1.85. The van der Waals surface area contributed by atoms with Crippen LogP contribution in [0.2, 0.25) is 0 Å². The van der Waals surface area contributed by atoms with E-state index in [9.17, 15) is 20.0 Å². The summed E-state index contributed by atoms with van der Waals surface area (Å²) in [5, 5.41) is 19.9. The lowest BCUT2D eigenvalue weighted by Crippen LogP contribution is -2.02. The molecule has 0 radical (unpaired) electrons. The van der Waals surface area contributed by atoms with Gasteiger partial charge in [0.05, 0.1) is 4.92 Å². The minimum Gasteiger partial charge on any atom is -0.508 e. The third kappa shape index (κ3) is 2.53. The van der Waals surface area contributed by atoms with E-state index in [2.05, 4.69) is 15.9 Å². The molecular formula is C9H8BrNO4. The number of Topliss-reactive ketones (excluding diaryl/α,β-unsaturated/α-hetero) is 1. The van der Waals surface area contributed by atoms with Crippen LogP contribution >= 0.6 is 15.9 Å². The SMILES string of the molecule is CC(=O)C(Br)c1cc([N+](=O)[O-])ccc1O. The van der Waals surface area contributed by atoms with Gasteiger partial charge < -0.3 is 5.11 Å². The van der Waals surface area contributed by atoms with Crippen molar-refractivity contribution in [1.29, 1.82) is 0 Å². The molecule has 0 saturated heterocycles. The molecule has 0 spiro atoms. The second kappa shape index (κ2) is 4.39. The van der Waals surface area contributed by atoms with Crippen molar-refractivity contribution in [2.24, 2.45) is 0 Å². The number of benzene rings is 1. The van der Waals surface area contributed by atoms with Crippen LogP contribution in [-0.4, -0.2) is 15.8 Å². The molecule has 1 atom stereocenters. The van der Waals surface area contributed by atoms with Crippen molar-refractivity contribution < 1.29 is 14.8 Å². The number of carbonyl (C=O) groups is 1. The molecule has 0 amide bonds. The molecular weight excluding hydrogens is 266 g/mol. The predicted molar refractivity (Wildman–Crippen MR) is 57.1 cm³/mol. The number of hydrogen-bond acceptors (Lipinski definition) is 4. The van der Waals surface area contributed by atoms with Crippen molar-refractivity contribution in [2.45, 2.75) is 11.8 Å². The van der Waals surface area contributed by atoms with Gasteiger partial charge in [0.2, 0.25) is 0 Å². The highest BCUT2D eigenvalue weighted by molar-refractivity contribution is 9.09. The Balaban J connectivity index is 3.22. The average Bonchev–Trinajstić information content (AvgIpc) is 2.16. The molecule has 0 aliphatic carbocycles. The summed E-state index contributed by atoms with van der Waals surface area (Å²) >= 11 is 3.05. The number of phenolic OH excluding ortho intramolecular Hbond substituents is 1. The van der Waals surface area contributed by atoms with Gasteiger partial charge in [0, 0.05) is 17.7 Å². The van der Waals surface area contributed by atoms with Gasteiger partial charge in [0.1, 0.15) is 16.4 Å². The molecule has 1 unspecified atom stereocenters. The van der Waals surface area contributed by atoms with E-state index >= 15 is 0 Å². The number of non-ortho nitro benzene ring substituents is 1. The summed E-state index contributed by atoms with van der Waals surface area (Å²) in [5.74, 6) is -0.372. The monoisotopic (exact) mass is 273 g/mol. The summed E-state index contributed by atoms with van der Waals surface area (Å²) in [6.07, 6.45) is 0. The first kappa shape index (κ1) is 11.6. The number of ketones is 1. The van der Waals surface area contributed by atoms with Gasteiger partial charge in [-0.05, 0) is 13.0 Å². The first-order valence-electron chi connectivity index (χ1n) is 4.05. The summed E-state index contributed by atoms with van der Waals surface area (Å²) in [7, 11) is 0. The lowest BCUT2D eigenvalue weighted by molar-refractivity contribution is -0.384. The van der Waals surface area contributed by atoms with Gasteiger partial charge in [-0.15, -0.1) is 0 Å². The van der Waals surface area contributed by atoms with E-state index in [-0.39, 0.29) is 22.8 Å². The van der Waals surface area contributed by atoms with Crippen LogP contribution in [0.25, 0.3) is 0 Å². The molecule has 5 nitrogen and oxygen atoms in total. The Hall–Kier alpha value is -1.43. The van der Waals surface area contributed by atoms with E-state index < -0.39 is 9.75 Å². The second-order valence-electron chi connectivity index (χ2n) is 2.97. The summed E-state index contributed by atoms with van der Waals surface area (Å²) in [5.41, 5.74) is 0.0465. The first-order valence-corrected chi connectivity index (χ1v) is 4.97. The van der Waals surface area contributed by atoms with Gasteiger partial charge >= 0.3 is 0 Å². The first-order chi connectivity index (χ1) is 6.93. The average molecular weight is 274 g/mol. The second-order valence-corrected chi connectivity index (χ2v) is 3.89. The van der Waals surface area contributed by atoms with E-state index in [1.807, 2.05) is 0 Å². The number of nitro groups is 1. The standard InChI is InChI=1S/C9H8BrNO4/c1-5(12)9(10)7-4-6(11(14)15)2-3-8(7)13/h2-4,9,13H,1H3. The molecule has 1 N–H and O–H groups in total.